The molecule has 1 heterocycles. The first-order valence-electron chi connectivity index (χ1n) is 4.83. The fourth-order valence-electron chi connectivity index (χ4n) is 1.80. The average Bonchev–Trinajstić information content (AvgIpc) is 2.61. The summed E-state index contributed by atoms with van der Waals surface area (Å²) in [5, 5.41) is 11.2. The van der Waals surface area contributed by atoms with Gasteiger partial charge in [-0.1, -0.05) is 37.3 Å². The van der Waals surface area contributed by atoms with Gasteiger partial charge in [-0.25, -0.2) is 0 Å². The molecule has 2 rings (SSSR count). The van der Waals surface area contributed by atoms with Crippen LogP contribution in [0.5, 0.6) is 0 Å². The second kappa shape index (κ2) is 3.70. The Balaban J connectivity index is 2.29. The van der Waals surface area contributed by atoms with Gasteiger partial charge >= 0.3 is 0 Å². The minimum atomic E-state index is 0.138. The summed E-state index contributed by atoms with van der Waals surface area (Å²) in [4.78, 5) is 5.63. The van der Waals surface area contributed by atoms with Crippen LogP contribution in [-0.4, -0.2) is 17.2 Å². The van der Waals surface area contributed by atoms with Gasteiger partial charge in [0.1, 0.15) is 0 Å². The molecule has 0 aromatic heterocycles. The number of hydrogen-bond acceptors (Lipinski definition) is 2. The first kappa shape index (κ1) is 9.06. The van der Waals surface area contributed by atoms with Crippen LogP contribution in [0.25, 0.3) is 0 Å². The van der Waals surface area contributed by atoms with Crippen molar-refractivity contribution in [3.05, 3.63) is 41.1 Å². The third-order valence-corrected chi connectivity index (χ3v) is 2.56. The van der Waals surface area contributed by atoms with Gasteiger partial charge in [-0.15, -0.1) is 0 Å². The van der Waals surface area contributed by atoms with E-state index in [1.54, 1.807) is 0 Å². The van der Waals surface area contributed by atoms with Crippen molar-refractivity contribution in [1.82, 2.24) is 0 Å². The molecule has 14 heavy (non-hydrogen) atoms. The summed E-state index contributed by atoms with van der Waals surface area (Å²) in [6.45, 7) is 2.45. The van der Waals surface area contributed by atoms with Crippen molar-refractivity contribution in [2.24, 2.45) is 0 Å². The van der Waals surface area contributed by atoms with Crippen molar-refractivity contribution in [1.29, 1.82) is 0 Å². The van der Waals surface area contributed by atoms with Crippen molar-refractivity contribution < 1.29 is 9.74 Å². The van der Waals surface area contributed by atoms with Crippen molar-refractivity contribution >= 4 is 5.71 Å². The lowest BCUT2D eigenvalue weighted by Crippen LogP contribution is -2.13. The molecule has 74 valence electrons. The van der Waals surface area contributed by atoms with E-state index in [-0.39, 0.29) is 5.92 Å². The molecule has 0 saturated heterocycles. The largest absolute Gasteiger partial charge is 0.402 e. The predicted molar refractivity (Wildman–Crippen MR) is 54.1 cm³/mol. The Kier molecular flexibility index (Phi) is 2.39. The number of rotatable bonds is 2. The Morgan fingerprint density at radius 3 is 2.79 bits per heavy atom. The summed E-state index contributed by atoms with van der Waals surface area (Å²) in [7, 11) is 0. The molecule has 1 unspecified atom stereocenters. The van der Waals surface area contributed by atoms with E-state index in [0.717, 1.165) is 17.7 Å². The van der Waals surface area contributed by atoms with Crippen LogP contribution >= 0.6 is 0 Å². The standard InChI is InChI=1S/C11H13NO2/c1-2-11-10(8-14-12(11)13)9-6-4-3-5-7-9/h3-7,10H,2,8H2,1H3. The van der Waals surface area contributed by atoms with Crippen LogP contribution < -0.4 is 0 Å². The third kappa shape index (κ3) is 1.45. The van der Waals surface area contributed by atoms with Crippen molar-refractivity contribution in [3.63, 3.8) is 0 Å². The van der Waals surface area contributed by atoms with E-state index in [0.29, 0.717) is 11.5 Å². The highest BCUT2D eigenvalue weighted by atomic mass is 16.9. The van der Waals surface area contributed by atoms with Gasteiger partial charge in [-0.2, -0.15) is 0 Å². The zero-order chi connectivity index (χ0) is 9.97. The van der Waals surface area contributed by atoms with Gasteiger partial charge in [0.25, 0.3) is 0 Å². The van der Waals surface area contributed by atoms with Crippen molar-refractivity contribution in [2.45, 2.75) is 19.3 Å². The molecule has 1 aliphatic heterocycles. The van der Waals surface area contributed by atoms with Crippen LogP contribution in [0.2, 0.25) is 0 Å². The average molecular weight is 191 g/mol. The molecule has 1 aliphatic rings. The maximum Gasteiger partial charge on any atom is 0.230 e. The Morgan fingerprint density at radius 2 is 2.14 bits per heavy atom. The maximum absolute atomic E-state index is 11.2. The lowest BCUT2D eigenvalue weighted by atomic mass is 9.94. The minimum absolute atomic E-state index is 0.138. The fourth-order valence-corrected chi connectivity index (χ4v) is 1.80. The molecule has 3 heteroatoms. The molecule has 1 aromatic carbocycles. The second-order valence-corrected chi connectivity index (χ2v) is 3.36. The first-order chi connectivity index (χ1) is 6.83. The highest BCUT2D eigenvalue weighted by Gasteiger charge is 2.30. The maximum atomic E-state index is 11.2. The van der Waals surface area contributed by atoms with E-state index in [2.05, 4.69) is 0 Å². The summed E-state index contributed by atoms with van der Waals surface area (Å²) < 4.78 is 0. The summed E-state index contributed by atoms with van der Waals surface area (Å²) in [5.74, 6) is 0.138. The van der Waals surface area contributed by atoms with Gasteiger partial charge < -0.3 is 4.84 Å². The lowest BCUT2D eigenvalue weighted by Gasteiger charge is -2.06. The topological polar surface area (TPSA) is 35.3 Å². The zero-order valence-electron chi connectivity index (χ0n) is 8.14. The molecule has 3 nitrogen and oxygen atoms in total. The molecule has 0 amide bonds. The van der Waals surface area contributed by atoms with E-state index < -0.39 is 0 Å². The molecule has 0 aliphatic carbocycles. The smallest absolute Gasteiger partial charge is 0.230 e. The molecule has 0 bridgehead atoms. The van der Waals surface area contributed by atoms with Crippen LogP contribution in [0.3, 0.4) is 0 Å². The van der Waals surface area contributed by atoms with E-state index in [1.165, 1.54) is 0 Å². The Hall–Kier alpha value is -1.51. The summed E-state index contributed by atoms with van der Waals surface area (Å²) in [5.41, 5.74) is 1.97. The van der Waals surface area contributed by atoms with Gasteiger partial charge in [0.2, 0.25) is 5.71 Å². The number of nitrogens with zero attached hydrogens (tertiary/aromatic N) is 1. The number of benzene rings is 1. The summed E-state index contributed by atoms with van der Waals surface area (Å²) in [6, 6.07) is 10.00. The highest BCUT2D eigenvalue weighted by molar-refractivity contribution is 5.87. The Labute approximate surface area is 83.2 Å². The lowest BCUT2D eigenvalue weighted by molar-refractivity contribution is -0.731. The zero-order valence-corrected chi connectivity index (χ0v) is 8.14. The van der Waals surface area contributed by atoms with E-state index in [1.807, 2.05) is 37.3 Å². The molecule has 0 N–H and O–H groups in total. The minimum Gasteiger partial charge on any atom is -0.402 e. The quantitative estimate of drug-likeness (QED) is 0.671. The molecular weight excluding hydrogens is 178 g/mol. The van der Waals surface area contributed by atoms with Crippen molar-refractivity contribution in [3.8, 4) is 0 Å². The van der Waals surface area contributed by atoms with Crippen LogP contribution in [0.4, 0.5) is 0 Å². The molecule has 0 spiro atoms. The SMILES string of the molecule is CCC1=[N+]([O-])OCC1c1ccccc1. The molecule has 1 aromatic rings. The molecule has 0 radical (unpaired) electrons. The molecule has 0 saturated carbocycles. The first-order valence-corrected chi connectivity index (χ1v) is 4.83. The van der Waals surface area contributed by atoms with Gasteiger partial charge in [0.15, 0.2) is 0 Å². The Bertz CT molecular complexity index is 346. The van der Waals surface area contributed by atoms with Crippen molar-refractivity contribution in [2.75, 3.05) is 6.61 Å². The normalized spacial score (nSPS) is 21.1. The van der Waals surface area contributed by atoms with E-state index in [4.69, 9.17) is 4.84 Å². The summed E-state index contributed by atoms with van der Waals surface area (Å²) >= 11 is 0. The predicted octanol–water partition coefficient (Wildman–Crippen LogP) is 2.08. The fraction of sp³-hybridized carbons (Fsp3) is 0.364. The second-order valence-electron chi connectivity index (χ2n) is 3.36. The van der Waals surface area contributed by atoms with E-state index >= 15 is 0 Å². The highest BCUT2D eigenvalue weighted by Crippen LogP contribution is 2.23. The van der Waals surface area contributed by atoms with Gasteiger partial charge in [-0.05, 0) is 5.56 Å². The van der Waals surface area contributed by atoms with E-state index in [9.17, 15) is 5.21 Å². The van der Waals surface area contributed by atoms with Gasteiger partial charge in [0, 0.05) is 11.3 Å². The molecular formula is C11H13NO2. The van der Waals surface area contributed by atoms with Crippen LogP contribution in [0, 0.1) is 5.21 Å². The van der Waals surface area contributed by atoms with Crippen LogP contribution in [0.1, 0.15) is 24.8 Å². The van der Waals surface area contributed by atoms with Crippen LogP contribution in [-0.2, 0) is 4.84 Å². The monoisotopic (exact) mass is 191 g/mol. The van der Waals surface area contributed by atoms with Gasteiger partial charge in [0.05, 0.1) is 12.5 Å². The Morgan fingerprint density at radius 1 is 1.43 bits per heavy atom. The third-order valence-electron chi connectivity index (χ3n) is 2.56. The summed E-state index contributed by atoms with van der Waals surface area (Å²) in [6.07, 6.45) is 0.739. The van der Waals surface area contributed by atoms with Gasteiger partial charge in [-0.3, -0.25) is 5.21 Å². The van der Waals surface area contributed by atoms with Crippen LogP contribution in [0.15, 0.2) is 30.3 Å². The molecule has 0 fully saturated rings. The number of hydrogen-bond donors (Lipinski definition) is 0. The molecule has 1 atom stereocenters.